The van der Waals surface area contributed by atoms with Crippen molar-refractivity contribution in [3.05, 3.63) is 34.4 Å². The fourth-order valence-corrected chi connectivity index (χ4v) is 1.49. The Morgan fingerprint density at radius 2 is 1.80 bits per heavy atom. The summed E-state index contributed by atoms with van der Waals surface area (Å²) in [7, 11) is 0. The summed E-state index contributed by atoms with van der Waals surface area (Å²) in [4.78, 5) is 0. The second kappa shape index (κ2) is 4.82. The number of ether oxygens (including phenoxy) is 1. The predicted octanol–water partition coefficient (Wildman–Crippen LogP) is 2.78. The minimum absolute atomic E-state index is 0.290. The van der Waals surface area contributed by atoms with Crippen molar-refractivity contribution < 1.29 is 9.94 Å². The zero-order chi connectivity index (χ0) is 11.4. The molecule has 0 aliphatic carbocycles. The summed E-state index contributed by atoms with van der Waals surface area (Å²) >= 11 is 0. The first kappa shape index (κ1) is 11.6. The van der Waals surface area contributed by atoms with Crippen LogP contribution in [0.4, 0.5) is 0 Å². The summed E-state index contributed by atoms with van der Waals surface area (Å²) in [5.74, 6) is 0.290. The van der Waals surface area contributed by atoms with Crippen molar-refractivity contribution in [1.29, 1.82) is 0 Å². The fraction of sp³-hybridized carbons (Fsp3) is 0.417. The van der Waals surface area contributed by atoms with Gasteiger partial charge in [0.2, 0.25) is 0 Å². The van der Waals surface area contributed by atoms with Crippen molar-refractivity contribution in [1.82, 2.24) is 0 Å². The lowest BCUT2D eigenvalue weighted by Gasteiger charge is -2.11. The lowest BCUT2D eigenvalue weighted by Crippen LogP contribution is -2.09. The molecule has 0 bridgehead atoms. The first-order chi connectivity index (χ1) is 7.10. The number of hydrogen-bond acceptors (Lipinski definition) is 3. The van der Waals surface area contributed by atoms with E-state index < -0.39 is 0 Å². The number of oxime groups is 1. The predicted molar refractivity (Wildman–Crippen MR) is 60.6 cm³/mol. The molecular formula is C12H17NO2. The maximum Gasteiger partial charge on any atom is 0.257 e. The van der Waals surface area contributed by atoms with Crippen LogP contribution < -0.4 is 0 Å². The van der Waals surface area contributed by atoms with Gasteiger partial charge in [0.1, 0.15) is 0 Å². The first-order valence-electron chi connectivity index (χ1n) is 5.03. The number of benzene rings is 1. The highest BCUT2D eigenvalue weighted by Gasteiger charge is 2.10. The molecule has 0 fully saturated rings. The van der Waals surface area contributed by atoms with E-state index in [9.17, 15) is 0 Å². The average molecular weight is 207 g/mol. The van der Waals surface area contributed by atoms with Crippen LogP contribution in [0.15, 0.2) is 17.3 Å². The van der Waals surface area contributed by atoms with Gasteiger partial charge in [-0.25, -0.2) is 0 Å². The molecule has 1 aromatic rings. The number of aryl methyl sites for hydroxylation is 3. The van der Waals surface area contributed by atoms with E-state index in [2.05, 4.69) is 18.1 Å². The minimum Gasteiger partial charge on any atom is -0.475 e. The molecule has 0 spiro atoms. The molecular weight excluding hydrogens is 190 g/mol. The molecule has 0 saturated carbocycles. The standard InChI is InChI=1S/C12H17NO2/c1-5-15-12(13-14)11-7-9(3)8(2)6-10(11)4/h6-7,14H,5H2,1-4H3/b13-12+. The Balaban J connectivity index is 3.19. The fourth-order valence-electron chi connectivity index (χ4n) is 1.49. The van der Waals surface area contributed by atoms with E-state index in [1.807, 2.05) is 26.8 Å². The quantitative estimate of drug-likeness (QED) is 0.350. The molecule has 1 rings (SSSR count). The van der Waals surface area contributed by atoms with E-state index in [1.54, 1.807) is 0 Å². The van der Waals surface area contributed by atoms with Gasteiger partial charge in [-0.15, -0.1) is 0 Å². The molecule has 0 amide bonds. The number of hydrogen-bond donors (Lipinski definition) is 1. The Labute approximate surface area is 90.4 Å². The molecule has 1 N–H and O–H groups in total. The zero-order valence-electron chi connectivity index (χ0n) is 9.66. The van der Waals surface area contributed by atoms with Gasteiger partial charge >= 0.3 is 0 Å². The zero-order valence-corrected chi connectivity index (χ0v) is 9.66. The largest absolute Gasteiger partial charge is 0.475 e. The van der Waals surface area contributed by atoms with Crippen LogP contribution >= 0.6 is 0 Å². The van der Waals surface area contributed by atoms with Gasteiger partial charge in [-0.05, 0) is 55.6 Å². The van der Waals surface area contributed by atoms with Crippen LogP contribution in [0.2, 0.25) is 0 Å². The van der Waals surface area contributed by atoms with Crippen molar-refractivity contribution in [2.75, 3.05) is 6.61 Å². The smallest absolute Gasteiger partial charge is 0.257 e. The Hall–Kier alpha value is -1.51. The van der Waals surface area contributed by atoms with Crippen molar-refractivity contribution in [2.24, 2.45) is 5.16 Å². The first-order valence-corrected chi connectivity index (χ1v) is 5.03. The van der Waals surface area contributed by atoms with Gasteiger partial charge < -0.3 is 9.94 Å². The van der Waals surface area contributed by atoms with Gasteiger partial charge in [0.15, 0.2) is 0 Å². The van der Waals surface area contributed by atoms with Crippen LogP contribution in [0.3, 0.4) is 0 Å². The van der Waals surface area contributed by atoms with Gasteiger partial charge in [0, 0.05) is 5.56 Å². The van der Waals surface area contributed by atoms with Gasteiger partial charge in [-0.1, -0.05) is 6.07 Å². The summed E-state index contributed by atoms with van der Waals surface area (Å²) in [5, 5.41) is 12.0. The molecule has 1 aromatic carbocycles. The Morgan fingerprint density at radius 3 is 2.33 bits per heavy atom. The lowest BCUT2D eigenvalue weighted by atomic mass is 10.0. The van der Waals surface area contributed by atoms with E-state index in [-0.39, 0.29) is 5.90 Å². The topological polar surface area (TPSA) is 41.8 Å². The molecule has 3 heteroatoms. The molecule has 3 nitrogen and oxygen atoms in total. The molecule has 0 atom stereocenters. The average Bonchev–Trinajstić information content (AvgIpc) is 2.20. The normalized spacial score (nSPS) is 11.6. The highest BCUT2D eigenvalue weighted by Crippen LogP contribution is 2.16. The SMILES string of the molecule is CCO/C(=N/O)c1cc(C)c(C)cc1C. The van der Waals surface area contributed by atoms with Crippen LogP contribution in [0.5, 0.6) is 0 Å². The molecule has 82 valence electrons. The third-order valence-corrected chi connectivity index (χ3v) is 2.44. The third-order valence-electron chi connectivity index (χ3n) is 2.44. The molecule has 0 aliphatic heterocycles. The van der Waals surface area contributed by atoms with Crippen LogP contribution in [0.25, 0.3) is 0 Å². The van der Waals surface area contributed by atoms with E-state index in [0.29, 0.717) is 6.61 Å². The summed E-state index contributed by atoms with van der Waals surface area (Å²) in [6, 6.07) is 4.05. The summed E-state index contributed by atoms with van der Waals surface area (Å²) in [5.41, 5.74) is 4.29. The maximum absolute atomic E-state index is 8.86. The van der Waals surface area contributed by atoms with Gasteiger partial charge in [-0.3, -0.25) is 0 Å². The summed E-state index contributed by atoms with van der Waals surface area (Å²) in [6.07, 6.45) is 0. The Bertz CT molecular complexity index is 383. The number of rotatable bonds is 2. The van der Waals surface area contributed by atoms with Crippen molar-refractivity contribution in [3.8, 4) is 0 Å². The van der Waals surface area contributed by atoms with E-state index in [4.69, 9.17) is 9.94 Å². The maximum atomic E-state index is 8.86. The van der Waals surface area contributed by atoms with E-state index >= 15 is 0 Å². The monoisotopic (exact) mass is 207 g/mol. The number of nitrogens with zero attached hydrogens (tertiary/aromatic N) is 1. The summed E-state index contributed by atoms with van der Waals surface area (Å²) in [6.45, 7) is 8.42. The molecule has 0 aromatic heterocycles. The second-order valence-electron chi connectivity index (χ2n) is 3.59. The van der Waals surface area contributed by atoms with Crippen LogP contribution in [-0.4, -0.2) is 17.7 Å². The molecule has 0 radical (unpaired) electrons. The van der Waals surface area contributed by atoms with Crippen molar-refractivity contribution in [2.45, 2.75) is 27.7 Å². The van der Waals surface area contributed by atoms with Gasteiger partial charge in [0.25, 0.3) is 5.90 Å². The van der Waals surface area contributed by atoms with Gasteiger partial charge in [0.05, 0.1) is 6.61 Å². The van der Waals surface area contributed by atoms with E-state index in [1.165, 1.54) is 5.56 Å². The second-order valence-corrected chi connectivity index (χ2v) is 3.59. The van der Waals surface area contributed by atoms with Crippen LogP contribution in [0, 0.1) is 20.8 Å². The third kappa shape index (κ3) is 2.49. The molecule has 15 heavy (non-hydrogen) atoms. The lowest BCUT2D eigenvalue weighted by molar-refractivity contribution is 0.266. The van der Waals surface area contributed by atoms with E-state index in [0.717, 1.165) is 16.7 Å². The van der Waals surface area contributed by atoms with Crippen molar-refractivity contribution >= 4 is 5.90 Å². The molecule has 0 aliphatic rings. The van der Waals surface area contributed by atoms with Crippen LogP contribution in [0.1, 0.15) is 29.2 Å². The van der Waals surface area contributed by atoms with Crippen molar-refractivity contribution in [3.63, 3.8) is 0 Å². The molecule has 0 heterocycles. The molecule has 0 saturated heterocycles. The Morgan fingerprint density at radius 1 is 1.20 bits per heavy atom. The highest BCUT2D eigenvalue weighted by molar-refractivity contribution is 5.95. The molecule has 0 unspecified atom stereocenters. The Kier molecular flexibility index (Phi) is 3.72. The highest BCUT2D eigenvalue weighted by atomic mass is 16.5. The minimum atomic E-state index is 0.290. The van der Waals surface area contributed by atoms with Gasteiger partial charge in [-0.2, -0.15) is 0 Å². The van der Waals surface area contributed by atoms with Crippen LogP contribution in [-0.2, 0) is 4.74 Å². The summed E-state index contributed by atoms with van der Waals surface area (Å²) < 4.78 is 5.25.